The summed E-state index contributed by atoms with van der Waals surface area (Å²) in [6.45, 7) is -0.397. The average Bonchev–Trinajstić information content (AvgIpc) is 3.60. The van der Waals surface area contributed by atoms with Gasteiger partial charge in [0.2, 0.25) is 11.8 Å². The summed E-state index contributed by atoms with van der Waals surface area (Å²) in [5.41, 5.74) is 2.01. The third-order valence-electron chi connectivity index (χ3n) is 8.21. The molecule has 1 saturated carbocycles. The zero-order valence-corrected chi connectivity index (χ0v) is 28.1. The van der Waals surface area contributed by atoms with Crippen LogP contribution in [-0.4, -0.2) is 50.9 Å². The van der Waals surface area contributed by atoms with Crippen LogP contribution in [0.25, 0.3) is 0 Å². The number of carbonyl (C=O) groups is 2. The van der Waals surface area contributed by atoms with Gasteiger partial charge < -0.3 is 15.0 Å². The molecule has 5 rings (SSSR count). The number of ether oxygens (including phenoxy) is 1. The normalized spacial score (nSPS) is 14.0. The SMILES string of the molecule is COc1ccc(N(CC(=O)N(Cc2ccc(Br)cc2)C(Cc2ccccc2)C(=O)NC2CCCC2)S(=O)(=O)c2ccccc2)cc1. The number of nitrogens with one attached hydrogen (secondary N) is 1. The van der Waals surface area contributed by atoms with Crippen molar-refractivity contribution in [3.8, 4) is 5.75 Å². The number of carbonyl (C=O) groups excluding carboxylic acids is 2. The zero-order chi connectivity index (χ0) is 32.5. The molecule has 10 heteroatoms. The number of methoxy groups -OCH3 is 1. The summed E-state index contributed by atoms with van der Waals surface area (Å²) in [5, 5.41) is 3.20. The lowest BCUT2D eigenvalue weighted by molar-refractivity contribution is -0.140. The van der Waals surface area contributed by atoms with E-state index in [1.54, 1.807) is 42.5 Å². The molecule has 4 aromatic rings. The number of sulfonamides is 1. The molecule has 0 aliphatic heterocycles. The molecular weight excluding hydrogens is 666 g/mol. The summed E-state index contributed by atoms with van der Waals surface area (Å²) < 4.78 is 35.5. The predicted octanol–water partition coefficient (Wildman–Crippen LogP) is 6.35. The van der Waals surface area contributed by atoms with Gasteiger partial charge in [-0.2, -0.15) is 0 Å². The van der Waals surface area contributed by atoms with Crippen molar-refractivity contribution in [1.29, 1.82) is 0 Å². The minimum Gasteiger partial charge on any atom is -0.497 e. The first-order valence-electron chi connectivity index (χ1n) is 15.3. The molecule has 1 atom stereocenters. The highest BCUT2D eigenvalue weighted by molar-refractivity contribution is 9.10. The first-order chi connectivity index (χ1) is 22.2. The number of rotatable bonds is 13. The lowest BCUT2D eigenvalue weighted by Crippen LogP contribution is -2.54. The van der Waals surface area contributed by atoms with E-state index in [0.29, 0.717) is 11.4 Å². The topological polar surface area (TPSA) is 96.0 Å². The lowest BCUT2D eigenvalue weighted by Gasteiger charge is -2.34. The van der Waals surface area contributed by atoms with E-state index in [-0.39, 0.29) is 29.8 Å². The van der Waals surface area contributed by atoms with E-state index < -0.39 is 28.5 Å². The van der Waals surface area contributed by atoms with Crippen molar-refractivity contribution in [2.24, 2.45) is 0 Å². The molecule has 0 spiro atoms. The van der Waals surface area contributed by atoms with Crippen LogP contribution in [-0.2, 0) is 32.6 Å². The molecule has 240 valence electrons. The number of halogens is 1. The summed E-state index contributed by atoms with van der Waals surface area (Å²) >= 11 is 3.47. The number of benzene rings is 4. The van der Waals surface area contributed by atoms with E-state index in [2.05, 4.69) is 21.2 Å². The first kappa shape index (κ1) is 33.2. The Balaban J connectivity index is 1.55. The van der Waals surface area contributed by atoms with Crippen molar-refractivity contribution < 1.29 is 22.7 Å². The summed E-state index contributed by atoms with van der Waals surface area (Å²) in [7, 11) is -2.64. The van der Waals surface area contributed by atoms with Gasteiger partial charge >= 0.3 is 0 Å². The van der Waals surface area contributed by atoms with Crippen LogP contribution in [0.1, 0.15) is 36.8 Å². The second kappa shape index (κ2) is 15.4. The summed E-state index contributed by atoms with van der Waals surface area (Å²) in [6, 6.07) is 30.8. The van der Waals surface area contributed by atoms with Gasteiger partial charge in [-0.05, 0) is 72.5 Å². The maximum Gasteiger partial charge on any atom is 0.264 e. The highest BCUT2D eigenvalue weighted by Crippen LogP contribution is 2.27. The van der Waals surface area contributed by atoms with Crippen molar-refractivity contribution in [1.82, 2.24) is 10.2 Å². The van der Waals surface area contributed by atoms with Gasteiger partial charge in [-0.15, -0.1) is 0 Å². The fourth-order valence-electron chi connectivity index (χ4n) is 5.70. The van der Waals surface area contributed by atoms with E-state index >= 15 is 0 Å². The average molecular weight is 705 g/mol. The molecule has 1 aliphatic carbocycles. The number of hydrogen-bond acceptors (Lipinski definition) is 5. The minimum absolute atomic E-state index is 0.0460. The third kappa shape index (κ3) is 8.35. The molecule has 1 aliphatic rings. The Bertz CT molecular complexity index is 1700. The monoisotopic (exact) mass is 703 g/mol. The molecule has 0 aromatic heterocycles. The number of amides is 2. The molecule has 46 heavy (non-hydrogen) atoms. The first-order valence-corrected chi connectivity index (χ1v) is 17.6. The van der Waals surface area contributed by atoms with Gasteiger partial charge in [0.15, 0.2) is 0 Å². The quantitative estimate of drug-likeness (QED) is 0.175. The highest BCUT2D eigenvalue weighted by Gasteiger charge is 2.35. The molecule has 4 aromatic carbocycles. The molecule has 0 radical (unpaired) electrons. The molecule has 1 fully saturated rings. The van der Waals surface area contributed by atoms with E-state index in [9.17, 15) is 18.0 Å². The number of nitrogens with zero attached hydrogens (tertiary/aromatic N) is 2. The zero-order valence-electron chi connectivity index (χ0n) is 25.7. The maximum absolute atomic E-state index is 14.6. The van der Waals surface area contributed by atoms with Crippen LogP contribution in [0.4, 0.5) is 5.69 Å². The minimum atomic E-state index is -4.17. The predicted molar refractivity (Wildman–Crippen MR) is 183 cm³/mol. The number of hydrogen-bond donors (Lipinski definition) is 1. The Morgan fingerprint density at radius 3 is 2.07 bits per heavy atom. The summed E-state index contributed by atoms with van der Waals surface area (Å²) in [4.78, 5) is 30.2. The largest absolute Gasteiger partial charge is 0.497 e. The van der Waals surface area contributed by atoms with Crippen molar-refractivity contribution >= 4 is 43.5 Å². The second-order valence-electron chi connectivity index (χ2n) is 11.4. The fraction of sp³-hybridized carbons (Fsp3) is 0.278. The Morgan fingerprint density at radius 2 is 1.46 bits per heavy atom. The van der Waals surface area contributed by atoms with Crippen LogP contribution in [0.15, 0.2) is 119 Å². The molecule has 8 nitrogen and oxygen atoms in total. The van der Waals surface area contributed by atoms with Gasteiger partial charge in [0.25, 0.3) is 10.0 Å². The molecule has 1 N–H and O–H groups in total. The molecule has 1 unspecified atom stereocenters. The van der Waals surface area contributed by atoms with Crippen LogP contribution < -0.4 is 14.4 Å². The smallest absolute Gasteiger partial charge is 0.264 e. The standard InChI is InChI=1S/C36H38BrN3O5S/c1-45-32-22-20-31(21-23-32)40(46(43,44)33-14-6-3-7-15-33)26-35(41)39(25-28-16-18-29(37)19-17-28)34(24-27-10-4-2-5-11-27)36(42)38-30-12-8-9-13-30/h2-7,10-11,14-23,30,34H,8-9,12-13,24-26H2,1H3,(H,38,42). The van der Waals surface area contributed by atoms with Gasteiger partial charge in [-0.25, -0.2) is 8.42 Å². The Labute approximate surface area is 279 Å². The molecule has 0 saturated heterocycles. The van der Waals surface area contributed by atoms with Crippen LogP contribution in [0.2, 0.25) is 0 Å². The van der Waals surface area contributed by atoms with E-state index in [1.807, 2.05) is 54.6 Å². The second-order valence-corrected chi connectivity index (χ2v) is 14.1. The van der Waals surface area contributed by atoms with Gasteiger partial charge in [-0.3, -0.25) is 13.9 Å². The van der Waals surface area contributed by atoms with Gasteiger partial charge in [0, 0.05) is 23.5 Å². The summed E-state index contributed by atoms with van der Waals surface area (Å²) in [6.07, 6.45) is 4.15. The number of anilines is 1. The molecule has 0 heterocycles. The lowest BCUT2D eigenvalue weighted by atomic mass is 10.0. The van der Waals surface area contributed by atoms with E-state index in [0.717, 1.165) is 45.6 Å². The molecule has 2 amide bonds. The van der Waals surface area contributed by atoms with Crippen molar-refractivity contribution in [3.63, 3.8) is 0 Å². The van der Waals surface area contributed by atoms with E-state index in [4.69, 9.17) is 4.74 Å². The molecule has 0 bridgehead atoms. The Hall–Kier alpha value is -4.15. The molecular formula is C36H38BrN3O5S. The van der Waals surface area contributed by atoms with Crippen molar-refractivity contribution in [2.45, 2.75) is 55.6 Å². The van der Waals surface area contributed by atoms with Crippen LogP contribution in [0, 0.1) is 0 Å². The van der Waals surface area contributed by atoms with Gasteiger partial charge in [0.1, 0.15) is 18.3 Å². The summed E-state index contributed by atoms with van der Waals surface area (Å²) in [5.74, 6) is -0.195. The highest BCUT2D eigenvalue weighted by atomic mass is 79.9. The van der Waals surface area contributed by atoms with E-state index in [1.165, 1.54) is 24.1 Å². The van der Waals surface area contributed by atoms with Gasteiger partial charge in [0.05, 0.1) is 17.7 Å². The maximum atomic E-state index is 14.6. The van der Waals surface area contributed by atoms with Crippen LogP contribution in [0.5, 0.6) is 5.75 Å². The van der Waals surface area contributed by atoms with Crippen LogP contribution in [0.3, 0.4) is 0 Å². The Morgan fingerprint density at radius 1 is 0.848 bits per heavy atom. The van der Waals surface area contributed by atoms with Crippen molar-refractivity contribution in [3.05, 3.63) is 125 Å². The van der Waals surface area contributed by atoms with Gasteiger partial charge in [-0.1, -0.05) is 89.4 Å². The fourth-order valence-corrected chi connectivity index (χ4v) is 7.40. The Kier molecular flexibility index (Phi) is 11.1. The van der Waals surface area contributed by atoms with Crippen LogP contribution >= 0.6 is 15.9 Å². The third-order valence-corrected chi connectivity index (χ3v) is 10.5. The van der Waals surface area contributed by atoms with Crippen molar-refractivity contribution in [2.75, 3.05) is 18.0 Å².